The van der Waals surface area contributed by atoms with Crippen LogP contribution in [0.5, 0.6) is 0 Å². The summed E-state index contributed by atoms with van der Waals surface area (Å²) in [4.78, 5) is 78.5. The molecule has 2 aromatic carbocycles. The van der Waals surface area contributed by atoms with E-state index >= 15 is 0 Å². The van der Waals surface area contributed by atoms with Gasteiger partial charge in [0.1, 0.15) is 34.0 Å². The number of nitrogens with zero attached hydrogens (tertiary/aromatic N) is 6. The molecule has 3 aromatic rings. The maximum absolute atomic E-state index is 14.5. The number of piperazine rings is 1. The molecule has 1 unspecified atom stereocenters. The first-order chi connectivity index (χ1) is 25.6. The molecule has 0 spiro atoms. The normalized spacial score (nSPS) is 20.4. The molecule has 1 aromatic heterocycles. The van der Waals surface area contributed by atoms with Gasteiger partial charge in [0.25, 0.3) is 11.8 Å². The third-order valence-electron chi connectivity index (χ3n) is 9.55. The van der Waals surface area contributed by atoms with E-state index < -0.39 is 58.1 Å². The molecule has 1 aliphatic carbocycles. The Balaban J connectivity index is 1.32. The fraction of sp³-hybridized carbons (Fsp3) is 0.462. The van der Waals surface area contributed by atoms with Crippen molar-refractivity contribution < 1.29 is 33.4 Å². The molecule has 55 heavy (non-hydrogen) atoms. The predicted octanol–water partition coefficient (Wildman–Crippen LogP) is 5.75. The molecule has 0 bridgehead atoms. The number of nitriles is 1. The zero-order chi connectivity index (χ0) is 40.2. The number of rotatable bonds is 7. The number of benzene rings is 2. The van der Waals surface area contributed by atoms with Crippen molar-refractivity contribution in [1.82, 2.24) is 24.7 Å². The summed E-state index contributed by atoms with van der Waals surface area (Å²) in [6.07, 6.45) is 1.43. The van der Waals surface area contributed by atoms with Crippen molar-refractivity contribution in [3.8, 4) is 6.07 Å². The lowest BCUT2D eigenvalue weighted by Gasteiger charge is -2.42. The minimum atomic E-state index is -1.40. The van der Waals surface area contributed by atoms with Crippen LogP contribution in [-0.4, -0.2) is 91.6 Å². The van der Waals surface area contributed by atoms with Crippen molar-refractivity contribution in [3.63, 3.8) is 0 Å². The van der Waals surface area contributed by atoms with Gasteiger partial charge in [-0.05, 0) is 97.2 Å². The van der Waals surface area contributed by atoms with Crippen LogP contribution in [0.1, 0.15) is 82.9 Å². The molecule has 4 amide bonds. The predicted molar refractivity (Wildman–Crippen MR) is 203 cm³/mol. The van der Waals surface area contributed by atoms with Gasteiger partial charge in [-0.2, -0.15) is 5.26 Å². The quantitative estimate of drug-likeness (QED) is 0.293. The van der Waals surface area contributed by atoms with Gasteiger partial charge in [0.15, 0.2) is 0 Å². The number of hydrogen-bond donors (Lipinski definition) is 1. The molecular formula is C39H43Cl2N7O7. The number of carbonyl (C=O) groups excluding carboxylic acids is 5. The fourth-order valence-corrected chi connectivity index (χ4v) is 7.40. The Morgan fingerprint density at radius 1 is 0.964 bits per heavy atom. The van der Waals surface area contributed by atoms with E-state index in [4.69, 9.17) is 32.7 Å². The average Bonchev–Trinajstić information content (AvgIpc) is 3.67. The lowest BCUT2D eigenvalue weighted by molar-refractivity contribution is -0.168. The lowest BCUT2D eigenvalue weighted by Crippen LogP contribution is -2.64. The standard InChI is InChI=1S/C39H43Cl2N7O7/c1-36(2,3)54-31(50)29-22-45(35(53)55-37(4,5)6)14-15-46(29)33(52)39(12-13-39)44-30(49)28-21-43-34-47(27-17-25(40)16-26(41)18-27)32(51)38(7,48(28)34)19-23-8-10-24(20-42)11-9-23/h8-11,16-18,21,29H,12-15,19,22H2,1-7H3,(H,44,49)/t29?,38-/m1/s1. The molecule has 14 nitrogen and oxygen atoms in total. The van der Waals surface area contributed by atoms with Gasteiger partial charge >= 0.3 is 12.1 Å². The summed E-state index contributed by atoms with van der Waals surface area (Å²) in [6.45, 7) is 12.0. The van der Waals surface area contributed by atoms with Gasteiger partial charge in [-0.3, -0.25) is 19.0 Å². The van der Waals surface area contributed by atoms with E-state index in [9.17, 15) is 29.2 Å². The van der Waals surface area contributed by atoms with Gasteiger partial charge in [0, 0.05) is 29.6 Å². The third kappa shape index (κ3) is 8.00. The first kappa shape index (κ1) is 39.6. The summed E-state index contributed by atoms with van der Waals surface area (Å²) in [7, 11) is 0. The van der Waals surface area contributed by atoms with Crippen LogP contribution < -0.4 is 10.2 Å². The Labute approximate surface area is 329 Å². The molecule has 0 radical (unpaired) electrons. The monoisotopic (exact) mass is 791 g/mol. The number of amides is 4. The highest BCUT2D eigenvalue weighted by molar-refractivity contribution is 6.35. The molecule has 2 aliphatic heterocycles. The Bertz CT molecular complexity index is 2090. The summed E-state index contributed by atoms with van der Waals surface area (Å²) >= 11 is 12.7. The number of anilines is 2. The highest BCUT2D eigenvalue weighted by atomic mass is 35.5. The maximum atomic E-state index is 14.5. The van der Waals surface area contributed by atoms with Crippen molar-refractivity contribution in [2.45, 2.75) is 96.1 Å². The van der Waals surface area contributed by atoms with E-state index in [1.54, 1.807) is 89.4 Å². The molecule has 2 atom stereocenters. The first-order valence-electron chi connectivity index (χ1n) is 17.9. The van der Waals surface area contributed by atoms with Crippen LogP contribution in [-0.2, 0) is 35.8 Å². The van der Waals surface area contributed by atoms with E-state index in [0.29, 0.717) is 24.1 Å². The Kier molecular flexibility index (Phi) is 10.2. The van der Waals surface area contributed by atoms with Crippen LogP contribution in [0.3, 0.4) is 0 Å². The highest BCUT2D eigenvalue weighted by Gasteiger charge is 2.57. The molecule has 6 rings (SSSR count). The Morgan fingerprint density at radius 3 is 2.15 bits per heavy atom. The number of hydrogen-bond acceptors (Lipinski definition) is 9. The van der Waals surface area contributed by atoms with Gasteiger partial charge in [0.05, 0.1) is 30.1 Å². The van der Waals surface area contributed by atoms with Crippen molar-refractivity contribution >= 4 is 64.6 Å². The average molecular weight is 793 g/mol. The van der Waals surface area contributed by atoms with Crippen LogP contribution in [0.2, 0.25) is 10.0 Å². The van der Waals surface area contributed by atoms with Crippen molar-refractivity contribution in [2.24, 2.45) is 0 Å². The molecule has 2 fully saturated rings. The van der Waals surface area contributed by atoms with Gasteiger partial charge in [-0.25, -0.2) is 19.5 Å². The van der Waals surface area contributed by atoms with E-state index in [1.807, 2.05) is 0 Å². The second-order valence-corrected chi connectivity index (χ2v) is 17.2. The molecule has 1 N–H and O–H groups in total. The number of ether oxygens (including phenoxy) is 2. The van der Waals surface area contributed by atoms with Gasteiger partial charge in [-0.1, -0.05) is 35.3 Å². The summed E-state index contributed by atoms with van der Waals surface area (Å²) in [5.74, 6) is -2.11. The molecular weight excluding hydrogens is 749 g/mol. The zero-order valence-corrected chi connectivity index (χ0v) is 33.2. The SMILES string of the molecule is CC(C)(C)OC(=O)C1CN(C(=O)OC(C)(C)C)CCN1C(=O)C1(NC(=O)c2cnc3n2[C@](C)(Cc2ccc(C#N)cc2)C(=O)N3c2cc(Cl)cc(Cl)c2)CC1. The molecule has 290 valence electrons. The van der Waals surface area contributed by atoms with Crippen LogP contribution in [0.25, 0.3) is 0 Å². The number of carbonyl (C=O) groups is 5. The number of fused-ring (bicyclic) bond motifs is 1. The summed E-state index contributed by atoms with van der Waals surface area (Å²) in [5, 5.41) is 12.8. The van der Waals surface area contributed by atoms with Crippen molar-refractivity contribution in [2.75, 3.05) is 24.5 Å². The molecule has 1 saturated carbocycles. The maximum Gasteiger partial charge on any atom is 0.410 e. The molecule has 1 saturated heterocycles. The second-order valence-electron chi connectivity index (χ2n) is 16.3. The van der Waals surface area contributed by atoms with Gasteiger partial charge < -0.3 is 24.6 Å². The minimum absolute atomic E-state index is 0.00396. The van der Waals surface area contributed by atoms with Crippen LogP contribution in [0.4, 0.5) is 16.4 Å². The smallest absolute Gasteiger partial charge is 0.410 e. The van der Waals surface area contributed by atoms with Crippen LogP contribution in [0.15, 0.2) is 48.7 Å². The second kappa shape index (κ2) is 14.2. The van der Waals surface area contributed by atoms with Crippen LogP contribution in [0, 0.1) is 11.3 Å². The largest absolute Gasteiger partial charge is 0.458 e. The number of esters is 1. The topological polar surface area (TPSA) is 167 Å². The minimum Gasteiger partial charge on any atom is -0.458 e. The number of aromatic nitrogens is 2. The highest BCUT2D eigenvalue weighted by Crippen LogP contribution is 2.44. The van der Waals surface area contributed by atoms with Crippen molar-refractivity contribution in [3.05, 3.63) is 75.5 Å². The number of nitrogens with one attached hydrogen (secondary N) is 1. The molecule has 16 heteroatoms. The Morgan fingerprint density at radius 2 is 1.58 bits per heavy atom. The van der Waals surface area contributed by atoms with Gasteiger partial charge in [-0.15, -0.1) is 0 Å². The lowest BCUT2D eigenvalue weighted by atomic mass is 9.91. The number of halogens is 2. The summed E-state index contributed by atoms with van der Waals surface area (Å²) < 4.78 is 12.8. The summed E-state index contributed by atoms with van der Waals surface area (Å²) in [6, 6.07) is 12.4. The summed E-state index contributed by atoms with van der Waals surface area (Å²) in [5.41, 5.74) is -2.87. The van der Waals surface area contributed by atoms with Gasteiger partial charge in [0.2, 0.25) is 11.9 Å². The Hall–Kier alpha value is -5.13. The molecule has 3 aliphatic rings. The van der Waals surface area contributed by atoms with Crippen LogP contribution >= 0.6 is 23.2 Å². The van der Waals surface area contributed by atoms with E-state index in [1.165, 1.54) is 27.0 Å². The first-order valence-corrected chi connectivity index (χ1v) is 18.6. The molecule has 3 heterocycles. The van der Waals surface area contributed by atoms with E-state index in [0.717, 1.165) is 5.56 Å². The number of imidazole rings is 1. The van der Waals surface area contributed by atoms with E-state index in [-0.39, 0.29) is 47.7 Å². The fourth-order valence-electron chi connectivity index (χ4n) is 6.89. The third-order valence-corrected chi connectivity index (χ3v) is 9.99. The van der Waals surface area contributed by atoms with E-state index in [2.05, 4.69) is 16.4 Å². The van der Waals surface area contributed by atoms with Crippen molar-refractivity contribution in [1.29, 1.82) is 5.26 Å². The zero-order valence-electron chi connectivity index (χ0n) is 31.7.